The summed E-state index contributed by atoms with van der Waals surface area (Å²) < 4.78 is 2.45. The standard InChI is InChI=1S/C65H46N4/c1-65(2)54-29-14-15-30-58(54)68(50-24-10-5-11-25-50)61-41-48(36-38-55(61)65)53-28-17-31-59-63(53)62-52-27-13-12-20-45(52)37-39-60(62)69(59)51-26-16-23-49(40-51)57-42-56(66-64(67-57)47-21-8-4-9-22-47)46-34-32-44(33-35-46)43-18-6-3-7-19-43/h3-42H,1-2H3. The molecule has 69 heavy (non-hydrogen) atoms. The van der Waals surface area contributed by atoms with Gasteiger partial charge in [-0.15, -0.1) is 0 Å². The fourth-order valence-electron chi connectivity index (χ4n) is 10.8. The van der Waals surface area contributed by atoms with Crippen LogP contribution >= 0.6 is 0 Å². The molecule has 0 saturated carbocycles. The van der Waals surface area contributed by atoms with Crippen molar-refractivity contribution in [1.29, 1.82) is 0 Å². The highest BCUT2D eigenvalue weighted by Crippen LogP contribution is 2.53. The van der Waals surface area contributed by atoms with Crippen molar-refractivity contribution < 1.29 is 0 Å². The Morgan fingerprint density at radius 1 is 0.362 bits per heavy atom. The highest BCUT2D eigenvalue weighted by molar-refractivity contribution is 6.25. The summed E-state index contributed by atoms with van der Waals surface area (Å²) >= 11 is 0. The first-order chi connectivity index (χ1) is 34.0. The van der Waals surface area contributed by atoms with Gasteiger partial charge in [0.1, 0.15) is 0 Å². The zero-order valence-electron chi connectivity index (χ0n) is 38.4. The number of nitrogens with zero attached hydrogens (tertiary/aromatic N) is 4. The molecular formula is C65H46N4. The SMILES string of the molecule is CC1(C)c2ccccc2N(c2ccccc2)c2cc(-c3cccc4c3c3c5ccccc5ccc3n4-c3cccc(-c4cc(-c5ccc(-c6ccccc6)cc5)nc(-c5ccccc5)n4)c3)ccc21. The summed E-state index contributed by atoms with van der Waals surface area (Å²) in [5.41, 5.74) is 18.8. The lowest BCUT2D eigenvalue weighted by atomic mass is 9.73. The van der Waals surface area contributed by atoms with Crippen molar-refractivity contribution in [3.63, 3.8) is 0 Å². The Hall–Kier alpha value is -8.86. The first-order valence-electron chi connectivity index (χ1n) is 23.7. The van der Waals surface area contributed by atoms with Crippen LogP contribution < -0.4 is 4.90 Å². The third-order valence-electron chi connectivity index (χ3n) is 14.2. The lowest BCUT2D eigenvalue weighted by Crippen LogP contribution is -2.30. The Morgan fingerprint density at radius 2 is 0.942 bits per heavy atom. The van der Waals surface area contributed by atoms with Crippen LogP contribution in [0.4, 0.5) is 17.1 Å². The molecule has 0 N–H and O–H groups in total. The molecule has 0 aliphatic carbocycles. The van der Waals surface area contributed by atoms with Crippen LogP contribution in [-0.4, -0.2) is 14.5 Å². The molecule has 0 fully saturated rings. The Kier molecular flexibility index (Phi) is 9.48. The monoisotopic (exact) mass is 882 g/mol. The fraction of sp³-hybridized carbons (Fsp3) is 0.0462. The summed E-state index contributed by atoms with van der Waals surface area (Å²) in [6.45, 7) is 4.71. The average Bonchev–Trinajstić information content (AvgIpc) is 3.77. The number of aromatic nitrogens is 3. The van der Waals surface area contributed by atoms with E-state index in [2.05, 4.69) is 248 Å². The van der Waals surface area contributed by atoms with E-state index >= 15 is 0 Å². The van der Waals surface area contributed by atoms with Gasteiger partial charge >= 0.3 is 0 Å². The van der Waals surface area contributed by atoms with Crippen LogP contribution in [0.5, 0.6) is 0 Å². The Morgan fingerprint density at radius 3 is 1.74 bits per heavy atom. The average molecular weight is 883 g/mol. The van der Waals surface area contributed by atoms with E-state index in [0.29, 0.717) is 5.82 Å². The van der Waals surface area contributed by atoms with Gasteiger partial charge in [0.2, 0.25) is 0 Å². The van der Waals surface area contributed by atoms with Crippen LogP contribution in [-0.2, 0) is 5.41 Å². The lowest BCUT2D eigenvalue weighted by Gasteiger charge is -2.42. The first kappa shape index (κ1) is 40.4. The number of benzene rings is 10. The van der Waals surface area contributed by atoms with Crippen molar-refractivity contribution in [1.82, 2.24) is 14.5 Å². The van der Waals surface area contributed by atoms with E-state index in [1.54, 1.807) is 0 Å². The van der Waals surface area contributed by atoms with Crippen LogP contribution in [0, 0.1) is 0 Å². The van der Waals surface area contributed by atoms with Gasteiger partial charge in [-0.3, -0.25) is 0 Å². The molecule has 1 aliphatic heterocycles. The highest BCUT2D eigenvalue weighted by atomic mass is 15.2. The number of hydrogen-bond donors (Lipinski definition) is 0. The molecule has 0 saturated heterocycles. The third-order valence-corrected chi connectivity index (χ3v) is 14.2. The largest absolute Gasteiger partial charge is 0.310 e. The molecule has 2 aromatic heterocycles. The van der Waals surface area contributed by atoms with Gasteiger partial charge in [-0.05, 0) is 98.8 Å². The molecule has 4 nitrogen and oxygen atoms in total. The minimum Gasteiger partial charge on any atom is -0.310 e. The van der Waals surface area contributed by atoms with Gasteiger partial charge in [0, 0.05) is 44.3 Å². The molecule has 3 heterocycles. The van der Waals surface area contributed by atoms with Gasteiger partial charge in [0.15, 0.2) is 5.82 Å². The Balaban J connectivity index is 0.995. The molecule has 0 amide bonds. The summed E-state index contributed by atoms with van der Waals surface area (Å²) in [5, 5.41) is 4.91. The quantitative estimate of drug-likeness (QED) is 0.160. The number of para-hydroxylation sites is 2. The minimum atomic E-state index is -0.196. The third kappa shape index (κ3) is 6.75. The number of fused-ring (bicyclic) bond motifs is 7. The van der Waals surface area contributed by atoms with Gasteiger partial charge in [-0.2, -0.15) is 0 Å². The summed E-state index contributed by atoms with van der Waals surface area (Å²) in [6.07, 6.45) is 0. The van der Waals surface area contributed by atoms with E-state index in [4.69, 9.17) is 9.97 Å². The van der Waals surface area contributed by atoms with Crippen molar-refractivity contribution in [3.8, 4) is 61.8 Å². The Bertz CT molecular complexity index is 3910. The second kappa shape index (κ2) is 16.2. The summed E-state index contributed by atoms with van der Waals surface area (Å²) in [7, 11) is 0. The molecule has 0 bridgehead atoms. The van der Waals surface area contributed by atoms with Crippen LogP contribution in [0.3, 0.4) is 0 Å². The van der Waals surface area contributed by atoms with Crippen molar-refractivity contribution in [2.45, 2.75) is 19.3 Å². The summed E-state index contributed by atoms with van der Waals surface area (Å²) in [5.74, 6) is 0.691. The predicted molar refractivity (Wildman–Crippen MR) is 288 cm³/mol. The fourth-order valence-corrected chi connectivity index (χ4v) is 10.8. The lowest BCUT2D eigenvalue weighted by molar-refractivity contribution is 0.632. The maximum Gasteiger partial charge on any atom is 0.160 e. The van der Waals surface area contributed by atoms with Crippen LogP contribution in [0.15, 0.2) is 243 Å². The molecule has 0 atom stereocenters. The molecule has 10 aromatic carbocycles. The van der Waals surface area contributed by atoms with Crippen LogP contribution in [0.1, 0.15) is 25.0 Å². The van der Waals surface area contributed by atoms with Crippen molar-refractivity contribution in [2.75, 3.05) is 4.90 Å². The second-order valence-electron chi connectivity index (χ2n) is 18.6. The van der Waals surface area contributed by atoms with Gasteiger partial charge in [0.05, 0.1) is 33.8 Å². The molecular weight excluding hydrogens is 837 g/mol. The van der Waals surface area contributed by atoms with E-state index in [-0.39, 0.29) is 5.41 Å². The molecule has 326 valence electrons. The normalized spacial score (nSPS) is 12.9. The number of hydrogen-bond acceptors (Lipinski definition) is 3. The molecule has 0 radical (unpaired) electrons. The van der Waals surface area contributed by atoms with E-state index in [1.165, 1.54) is 66.3 Å². The maximum absolute atomic E-state index is 5.27. The molecule has 4 heteroatoms. The van der Waals surface area contributed by atoms with E-state index in [9.17, 15) is 0 Å². The molecule has 1 aliphatic rings. The zero-order chi connectivity index (χ0) is 46.1. The maximum atomic E-state index is 5.27. The second-order valence-corrected chi connectivity index (χ2v) is 18.6. The van der Waals surface area contributed by atoms with Gasteiger partial charge < -0.3 is 9.47 Å². The van der Waals surface area contributed by atoms with Crippen molar-refractivity contribution >= 4 is 49.6 Å². The van der Waals surface area contributed by atoms with Crippen LogP contribution in [0.25, 0.3) is 94.4 Å². The summed E-state index contributed by atoms with van der Waals surface area (Å²) in [6, 6.07) is 87.4. The molecule has 12 aromatic rings. The smallest absolute Gasteiger partial charge is 0.160 e. The highest BCUT2D eigenvalue weighted by Gasteiger charge is 2.37. The van der Waals surface area contributed by atoms with Crippen LogP contribution in [0.2, 0.25) is 0 Å². The topological polar surface area (TPSA) is 34.0 Å². The van der Waals surface area contributed by atoms with Gasteiger partial charge in [-0.1, -0.05) is 202 Å². The minimum absolute atomic E-state index is 0.196. The number of anilines is 3. The van der Waals surface area contributed by atoms with Gasteiger partial charge in [0.25, 0.3) is 0 Å². The molecule has 0 spiro atoms. The number of rotatable bonds is 7. The first-order valence-corrected chi connectivity index (χ1v) is 23.7. The predicted octanol–water partition coefficient (Wildman–Crippen LogP) is 17.2. The van der Waals surface area contributed by atoms with E-state index in [1.807, 2.05) is 18.2 Å². The molecule has 13 rings (SSSR count). The zero-order valence-corrected chi connectivity index (χ0v) is 38.4. The van der Waals surface area contributed by atoms with E-state index in [0.717, 1.165) is 50.5 Å². The van der Waals surface area contributed by atoms with Crippen molar-refractivity contribution in [2.24, 2.45) is 0 Å². The van der Waals surface area contributed by atoms with Crippen molar-refractivity contribution in [3.05, 3.63) is 254 Å². The Labute approximate surface area is 402 Å². The summed E-state index contributed by atoms with van der Waals surface area (Å²) in [4.78, 5) is 12.9. The van der Waals surface area contributed by atoms with Gasteiger partial charge in [-0.25, -0.2) is 9.97 Å². The van der Waals surface area contributed by atoms with E-state index < -0.39 is 0 Å². The molecule has 0 unspecified atom stereocenters.